The van der Waals surface area contributed by atoms with E-state index in [-0.39, 0.29) is 72.9 Å². The number of rotatable bonds is 9. The first-order chi connectivity index (χ1) is 44.1. The maximum absolute atomic E-state index is 11.9. The zero-order valence-electron chi connectivity index (χ0n) is 62.0. The Morgan fingerprint density at radius 2 is 0.448 bits per heavy atom. The molecule has 9 nitrogen and oxygen atoms in total. The second-order valence-corrected chi connectivity index (χ2v) is 33.1. The molecule has 12 N–H and O–H groups in total. The molecule has 0 spiro atoms. The summed E-state index contributed by atoms with van der Waals surface area (Å²) in [6, 6.07) is 47.6. The number of nitrogens with two attached hydrogens (primary N) is 3. The van der Waals surface area contributed by atoms with Crippen LogP contribution in [-0.4, -0.2) is 30.6 Å². The van der Waals surface area contributed by atoms with Crippen LogP contribution in [0.15, 0.2) is 146 Å². The number of phenols is 6. The number of aryl methyl sites for hydroxylation is 6. The largest absolute Gasteiger partial charge is 0.507 e. The van der Waals surface area contributed by atoms with Gasteiger partial charge < -0.3 is 47.8 Å². The number of benzene rings is 9. The lowest BCUT2D eigenvalue weighted by molar-refractivity contribution is 0.429. The van der Waals surface area contributed by atoms with E-state index >= 15 is 0 Å². The van der Waals surface area contributed by atoms with Gasteiger partial charge in [-0.25, -0.2) is 0 Å². The lowest BCUT2D eigenvalue weighted by Crippen LogP contribution is -2.21. The van der Waals surface area contributed by atoms with Crippen LogP contribution in [0.4, 0.5) is 17.1 Å². The summed E-state index contributed by atoms with van der Waals surface area (Å²) in [7, 11) is 0. The fraction of sp³-hybridized carbons (Fsp3) is 0.379. The Balaban J connectivity index is 0.000000207. The summed E-state index contributed by atoms with van der Waals surface area (Å²) in [4.78, 5) is 0. The van der Waals surface area contributed by atoms with Gasteiger partial charge in [0.15, 0.2) is 0 Å². The molecule has 0 radical (unpaired) electrons. The normalized spacial score (nSPS) is 12.4. The smallest absolute Gasteiger partial charge is 0.123 e. The molecule has 9 aromatic carbocycles. The van der Waals surface area contributed by atoms with Crippen LogP contribution in [0.2, 0.25) is 0 Å². The summed E-state index contributed by atoms with van der Waals surface area (Å²) >= 11 is 0. The minimum absolute atomic E-state index is 0.138. The molecule has 0 aliphatic rings. The van der Waals surface area contributed by atoms with E-state index < -0.39 is 11.8 Å². The van der Waals surface area contributed by atoms with E-state index in [1.54, 1.807) is 0 Å². The molecule has 510 valence electrons. The number of aromatic hydroxyl groups is 6. The van der Waals surface area contributed by atoms with Crippen molar-refractivity contribution in [1.29, 1.82) is 0 Å². The van der Waals surface area contributed by atoms with Crippen LogP contribution < -0.4 is 17.2 Å². The second kappa shape index (κ2) is 27.7. The van der Waals surface area contributed by atoms with Crippen LogP contribution in [0.3, 0.4) is 0 Å². The summed E-state index contributed by atoms with van der Waals surface area (Å²) in [5.41, 5.74) is 38.8. The number of anilines is 3. The van der Waals surface area contributed by atoms with Gasteiger partial charge in [-0.05, 0) is 153 Å². The van der Waals surface area contributed by atoms with E-state index in [2.05, 4.69) is 149 Å². The Kier molecular flexibility index (Phi) is 21.5. The van der Waals surface area contributed by atoms with Crippen LogP contribution in [0.25, 0.3) is 0 Å². The SMILES string of the molecule is CC(C)(C)c1cc(C(c2ccccc2N)c2cc(C(C)(C)C)cc(C(C)(C)C)c2O)c(O)c(C(C)(C)C)c1.Cc1cc(C(c2ccccc2N)c2cc(C)cc(C(C)(C)C)c2O)c(O)c(C(C)(C)C)c1.Cc1cc(C)c(O)c(C(c2ccccc2N)c2cc(C)cc(C)c2O)c1. The third kappa shape index (κ3) is 16.3. The molecule has 0 bridgehead atoms. The standard InChI is InChI=1S/C35H49NO2.C29H37NO2.C23H25NO2/c1-32(2,3)21-17-24(30(37)26(19-21)34(7,8)9)29(23-15-13-14-16-28(23)36)25-18-22(33(4,5)6)20-27(31(25)38)35(10,11)12;1-17-13-20(26(31)22(15-17)28(3,4)5)25(19-11-9-10-12-24(19)30)21-14-18(2)16-23(27(21)32)29(6,7)8;1-13-9-15(3)22(25)18(11-13)21(17-7-5-6-8-20(17)24)19-12-14(2)10-16(4)23(19)26/h13-20,29,37-38H,36H2,1-12H3;9-16,25,31-32H,30H2,1-8H3;5-12,21,25-26H,24H2,1-4H3. The molecule has 0 unspecified atom stereocenters. The third-order valence-electron chi connectivity index (χ3n) is 18.5. The average Bonchev–Trinajstić information content (AvgIpc) is 0.757. The van der Waals surface area contributed by atoms with Gasteiger partial charge in [0.1, 0.15) is 34.5 Å². The van der Waals surface area contributed by atoms with Gasteiger partial charge in [0, 0.05) is 68.2 Å². The fourth-order valence-electron chi connectivity index (χ4n) is 13.2. The van der Waals surface area contributed by atoms with Crippen molar-refractivity contribution < 1.29 is 30.6 Å². The molecular weight excluding hydrogens is 1180 g/mol. The predicted molar refractivity (Wildman–Crippen MR) is 405 cm³/mol. The minimum atomic E-state index is -0.456. The van der Waals surface area contributed by atoms with Crippen molar-refractivity contribution in [1.82, 2.24) is 0 Å². The highest BCUT2D eigenvalue weighted by atomic mass is 16.3. The summed E-state index contributed by atoms with van der Waals surface area (Å²) in [6.07, 6.45) is 0. The van der Waals surface area contributed by atoms with Crippen molar-refractivity contribution in [3.05, 3.63) is 262 Å². The first-order valence-electron chi connectivity index (χ1n) is 33.7. The number of nitrogen functional groups attached to an aromatic ring is 3. The van der Waals surface area contributed by atoms with E-state index in [9.17, 15) is 30.6 Å². The van der Waals surface area contributed by atoms with Crippen LogP contribution in [0, 0.1) is 41.5 Å². The quantitative estimate of drug-likeness (QED) is 0.0498. The van der Waals surface area contributed by atoms with Crippen molar-refractivity contribution in [2.24, 2.45) is 0 Å². The Morgan fingerprint density at radius 1 is 0.240 bits per heavy atom. The first-order valence-corrected chi connectivity index (χ1v) is 33.7. The average molecular weight is 1290 g/mol. The molecule has 0 heterocycles. The molecule has 96 heavy (non-hydrogen) atoms. The number of hydrogen-bond donors (Lipinski definition) is 9. The summed E-state index contributed by atoms with van der Waals surface area (Å²) in [5, 5.41) is 68.5. The van der Waals surface area contributed by atoms with E-state index in [0.29, 0.717) is 17.1 Å². The molecule has 0 amide bonds. The molecular formula is C87H111N3O6. The highest BCUT2D eigenvalue weighted by molar-refractivity contribution is 5.68. The monoisotopic (exact) mass is 1290 g/mol. The molecule has 9 heteroatoms. The lowest BCUT2D eigenvalue weighted by Gasteiger charge is -2.33. The maximum atomic E-state index is 11.9. The molecule has 9 rings (SSSR count). The van der Waals surface area contributed by atoms with Crippen LogP contribution in [0.1, 0.15) is 259 Å². The Morgan fingerprint density at radius 3 is 0.677 bits per heavy atom. The Hall–Kier alpha value is -8.82. The van der Waals surface area contributed by atoms with Gasteiger partial charge in [-0.15, -0.1) is 0 Å². The summed E-state index contributed by atoms with van der Waals surface area (Å²) in [6.45, 7) is 50.3. The third-order valence-corrected chi connectivity index (χ3v) is 18.5. The van der Waals surface area contributed by atoms with Gasteiger partial charge >= 0.3 is 0 Å². The van der Waals surface area contributed by atoms with Crippen molar-refractivity contribution in [2.75, 3.05) is 17.2 Å². The van der Waals surface area contributed by atoms with Gasteiger partial charge in [-0.1, -0.05) is 274 Å². The zero-order chi connectivity index (χ0) is 72.0. The second-order valence-electron chi connectivity index (χ2n) is 33.1. The first kappa shape index (κ1) is 74.6. The topological polar surface area (TPSA) is 199 Å². The van der Waals surface area contributed by atoms with Crippen molar-refractivity contribution >= 4 is 17.1 Å². The van der Waals surface area contributed by atoms with Gasteiger partial charge in [0.2, 0.25) is 0 Å². The van der Waals surface area contributed by atoms with Crippen LogP contribution in [0.5, 0.6) is 34.5 Å². The van der Waals surface area contributed by atoms with E-state index in [0.717, 1.165) is 117 Å². The molecule has 0 fully saturated rings. The van der Waals surface area contributed by atoms with Crippen LogP contribution >= 0.6 is 0 Å². The summed E-state index contributed by atoms with van der Waals surface area (Å²) in [5.74, 6) is 0.303. The van der Waals surface area contributed by atoms with Crippen molar-refractivity contribution in [3.63, 3.8) is 0 Å². The lowest BCUT2D eigenvalue weighted by atomic mass is 9.72. The zero-order valence-corrected chi connectivity index (χ0v) is 62.0. The van der Waals surface area contributed by atoms with Gasteiger partial charge in [-0.3, -0.25) is 0 Å². The highest BCUT2D eigenvalue weighted by Crippen LogP contribution is 2.52. The van der Waals surface area contributed by atoms with Crippen molar-refractivity contribution in [2.45, 2.75) is 216 Å². The highest BCUT2D eigenvalue weighted by Gasteiger charge is 2.36. The van der Waals surface area contributed by atoms with Crippen LogP contribution in [-0.2, 0) is 32.5 Å². The predicted octanol–water partition coefficient (Wildman–Crippen LogP) is 21.2. The Labute approximate surface area is 575 Å². The van der Waals surface area contributed by atoms with E-state index in [1.165, 1.54) is 0 Å². The molecule has 9 aromatic rings. The van der Waals surface area contributed by atoms with Gasteiger partial charge in [-0.2, -0.15) is 0 Å². The van der Waals surface area contributed by atoms with Gasteiger partial charge in [0.25, 0.3) is 0 Å². The molecule has 0 aliphatic heterocycles. The molecule has 0 saturated carbocycles. The van der Waals surface area contributed by atoms with Crippen molar-refractivity contribution in [3.8, 4) is 34.5 Å². The summed E-state index contributed by atoms with van der Waals surface area (Å²) < 4.78 is 0. The molecule has 0 aromatic heterocycles. The Bertz CT molecular complexity index is 4110. The van der Waals surface area contributed by atoms with Gasteiger partial charge in [0.05, 0.1) is 0 Å². The number of phenolic OH excluding ortho intramolecular Hbond substituents is 6. The fourth-order valence-corrected chi connectivity index (χ4v) is 13.2. The number of hydrogen-bond acceptors (Lipinski definition) is 9. The van der Waals surface area contributed by atoms with E-state index in [1.807, 2.05) is 163 Å². The minimum Gasteiger partial charge on any atom is -0.507 e. The molecule has 0 atom stereocenters. The maximum Gasteiger partial charge on any atom is 0.123 e. The molecule has 0 saturated heterocycles. The number of para-hydroxylation sites is 3. The molecule has 0 aliphatic carbocycles. The van der Waals surface area contributed by atoms with E-state index in [4.69, 9.17) is 17.2 Å².